The lowest BCUT2D eigenvalue weighted by Gasteiger charge is -2.13. The molecule has 6 nitrogen and oxygen atoms in total. The molecule has 0 bridgehead atoms. The maximum absolute atomic E-state index is 11.4. The molecule has 2 aromatic rings. The quantitative estimate of drug-likeness (QED) is 0.865. The van der Waals surface area contributed by atoms with Crippen LogP contribution >= 0.6 is 0 Å². The molecule has 6 heteroatoms. The van der Waals surface area contributed by atoms with Gasteiger partial charge >= 0.3 is 5.97 Å². The second kappa shape index (κ2) is 5.48. The van der Waals surface area contributed by atoms with E-state index in [4.69, 9.17) is 4.74 Å². The molecule has 2 rings (SSSR count). The van der Waals surface area contributed by atoms with Crippen molar-refractivity contribution in [3.05, 3.63) is 24.2 Å². The van der Waals surface area contributed by atoms with Crippen molar-refractivity contribution in [1.29, 1.82) is 0 Å². The molecule has 0 amide bonds. The Labute approximate surface area is 118 Å². The molecule has 0 saturated carbocycles. The molecule has 0 fully saturated rings. The summed E-state index contributed by atoms with van der Waals surface area (Å²) in [5.41, 5.74) is 1.79. The normalized spacial score (nSPS) is 11.6. The number of anilines is 1. The Kier molecular flexibility index (Phi) is 3.92. The van der Waals surface area contributed by atoms with Crippen LogP contribution in [-0.4, -0.2) is 33.7 Å². The van der Waals surface area contributed by atoms with Gasteiger partial charge in [-0.2, -0.15) is 5.10 Å². The monoisotopic (exact) mass is 276 g/mol. The first-order valence-electron chi connectivity index (χ1n) is 6.66. The van der Waals surface area contributed by atoms with E-state index in [-0.39, 0.29) is 17.9 Å². The lowest BCUT2D eigenvalue weighted by atomic mass is 9.92. The van der Waals surface area contributed by atoms with Gasteiger partial charge in [-0.25, -0.2) is 9.50 Å². The van der Waals surface area contributed by atoms with E-state index in [1.807, 2.05) is 6.07 Å². The highest BCUT2D eigenvalue weighted by Crippen LogP contribution is 2.24. The smallest absolute Gasteiger partial charge is 0.325 e. The summed E-state index contributed by atoms with van der Waals surface area (Å²) in [7, 11) is 0. The second-order valence-corrected chi connectivity index (χ2v) is 5.54. The van der Waals surface area contributed by atoms with Crippen LogP contribution in [0.15, 0.2) is 18.5 Å². The zero-order valence-corrected chi connectivity index (χ0v) is 12.3. The van der Waals surface area contributed by atoms with Crippen molar-refractivity contribution in [2.24, 2.45) is 0 Å². The summed E-state index contributed by atoms with van der Waals surface area (Å²) >= 11 is 0. The molecule has 0 aliphatic heterocycles. The van der Waals surface area contributed by atoms with Gasteiger partial charge in [0.05, 0.1) is 12.3 Å². The van der Waals surface area contributed by atoms with Crippen molar-refractivity contribution in [2.75, 3.05) is 18.5 Å². The predicted molar refractivity (Wildman–Crippen MR) is 76.8 cm³/mol. The van der Waals surface area contributed by atoms with Crippen molar-refractivity contribution >= 4 is 17.3 Å². The largest absolute Gasteiger partial charge is 0.465 e. The molecular weight excluding hydrogens is 256 g/mol. The van der Waals surface area contributed by atoms with E-state index in [0.29, 0.717) is 12.4 Å². The number of aromatic nitrogens is 3. The first kappa shape index (κ1) is 14.3. The van der Waals surface area contributed by atoms with E-state index < -0.39 is 0 Å². The van der Waals surface area contributed by atoms with Gasteiger partial charge in [-0.3, -0.25) is 4.79 Å². The number of carbonyl (C=O) groups is 1. The van der Waals surface area contributed by atoms with Crippen LogP contribution < -0.4 is 5.32 Å². The lowest BCUT2D eigenvalue weighted by Crippen LogP contribution is -2.17. The van der Waals surface area contributed by atoms with Gasteiger partial charge in [-0.15, -0.1) is 0 Å². The topological polar surface area (TPSA) is 68.5 Å². The fourth-order valence-electron chi connectivity index (χ4n) is 1.79. The summed E-state index contributed by atoms with van der Waals surface area (Å²) in [6.45, 7) is 8.56. The molecule has 0 aromatic carbocycles. The highest BCUT2D eigenvalue weighted by atomic mass is 16.5. The van der Waals surface area contributed by atoms with Crippen LogP contribution in [0.5, 0.6) is 0 Å². The second-order valence-electron chi connectivity index (χ2n) is 5.54. The number of rotatable bonds is 4. The van der Waals surface area contributed by atoms with Crippen LogP contribution in [0.4, 0.5) is 5.82 Å². The number of carbonyl (C=O) groups excluding carboxylic acids is 1. The third-order valence-electron chi connectivity index (χ3n) is 2.86. The summed E-state index contributed by atoms with van der Waals surface area (Å²) in [5, 5.41) is 7.52. The van der Waals surface area contributed by atoms with Crippen LogP contribution in [0.25, 0.3) is 5.52 Å². The number of nitrogens with one attached hydrogen (secondary N) is 1. The van der Waals surface area contributed by atoms with E-state index >= 15 is 0 Å². The van der Waals surface area contributed by atoms with Gasteiger partial charge in [0.1, 0.15) is 12.1 Å². The van der Waals surface area contributed by atoms with Crippen LogP contribution in [0.2, 0.25) is 0 Å². The van der Waals surface area contributed by atoms with Crippen molar-refractivity contribution in [3.8, 4) is 0 Å². The minimum absolute atomic E-state index is 0.0373. The summed E-state index contributed by atoms with van der Waals surface area (Å²) < 4.78 is 6.65. The Morgan fingerprint density at radius 3 is 2.85 bits per heavy atom. The van der Waals surface area contributed by atoms with Gasteiger partial charge in [-0.05, 0) is 13.0 Å². The molecule has 0 radical (unpaired) electrons. The maximum Gasteiger partial charge on any atom is 0.325 e. The van der Waals surface area contributed by atoms with E-state index in [1.54, 1.807) is 23.8 Å². The molecule has 0 atom stereocenters. The molecule has 0 aliphatic carbocycles. The zero-order valence-electron chi connectivity index (χ0n) is 12.3. The van der Waals surface area contributed by atoms with Crippen molar-refractivity contribution < 1.29 is 9.53 Å². The highest BCUT2D eigenvalue weighted by molar-refractivity contribution is 5.77. The SMILES string of the molecule is CCOC(=O)CNc1nccn2nc(C(C)(C)C)cc12. The van der Waals surface area contributed by atoms with E-state index in [1.165, 1.54) is 0 Å². The highest BCUT2D eigenvalue weighted by Gasteiger charge is 2.19. The average Bonchev–Trinajstić information content (AvgIpc) is 2.81. The molecule has 2 aromatic heterocycles. The molecule has 0 saturated heterocycles. The Hall–Kier alpha value is -2.11. The number of hydrogen-bond acceptors (Lipinski definition) is 5. The molecule has 20 heavy (non-hydrogen) atoms. The van der Waals surface area contributed by atoms with E-state index in [0.717, 1.165) is 11.2 Å². The molecule has 2 heterocycles. The van der Waals surface area contributed by atoms with Gasteiger partial charge in [0.2, 0.25) is 0 Å². The standard InChI is InChI=1S/C14H20N4O2/c1-5-20-12(19)9-16-13-10-8-11(14(2,3)4)17-18(10)7-6-15-13/h6-8H,5,9H2,1-4H3,(H,15,16). The zero-order chi connectivity index (χ0) is 14.8. The summed E-state index contributed by atoms with van der Waals surface area (Å²) in [5.74, 6) is 0.329. The Bertz CT molecular complexity index is 613. The molecule has 1 N–H and O–H groups in total. The first-order chi connectivity index (χ1) is 9.41. The number of esters is 1. The number of hydrogen-bond donors (Lipinski definition) is 1. The predicted octanol–water partition coefficient (Wildman–Crippen LogP) is 2.00. The molecule has 0 spiro atoms. The minimum atomic E-state index is -0.299. The van der Waals surface area contributed by atoms with Gasteiger partial charge in [0, 0.05) is 17.8 Å². The van der Waals surface area contributed by atoms with E-state index in [9.17, 15) is 4.79 Å². The van der Waals surface area contributed by atoms with Crippen LogP contribution in [0.1, 0.15) is 33.4 Å². The van der Waals surface area contributed by atoms with Crippen molar-refractivity contribution in [2.45, 2.75) is 33.1 Å². The Balaban J connectivity index is 2.25. The minimum Gasteiger partial charge on any atom is -0.465 e. The summed E-state index contributed by atoms with van der Waals surface area (Å²) in [6.07, 6.45) is 3.44. The Morgan fingerprint density at radius 2 is 2.20 bits per heavy atom. The maximum atomic E-state index is 11.4. The van der Waals surface area contributed by atoms with Crippen molar-refractivity contribution in [3.63, 3.8) is 0 Å². The van der Waals surface area contributed by atoms with Crippen molar-refractivity contribution in [1.82, 2.24) is 14.6 Å². The third-order valence-corrected chi connectivity index (χ3v) is 2.86. The fraction of sp³-hybridized carbons (Fsp3) is 0.500. The molecule has 0 unspecified atom stereocenters. The summed E-state index contributed by atoms with van der Waals surface area (Å²) in [4.78, 5) is 15.6. The van der Waals surface area contributed by atoms with Crippen LogP contribution in [0.3, 0.4) is 0 Å². The number of ether oxygens (including phenoxy) is 1. The Morgan fingerprint density at radius 1 is 1.45 bits per heavy atom. The van der Waals surface area contributed by atoms with E-state index in [2.05, 4.69) is 36.2 Å². The lowest BCUT2D eigenvalue weighted by molar-refractivity contribution is -0.140. The summed E-state index contributed by atoms with van der Waals surface area (Å²) in [6, 6.07) is 1.99. The van der Waals surface area contributed by atoms with Crippen LogP contribution in [0, 0.1) is 0 Å². The van der Waals surface area contributed by atoms with Crippen LogP contribution in [-0.2, 0) is 14.9 Å². The molecular formula is C14H20N4O2. The third kappa shape index (κ3) is 3.07. The number of nitrogens with zero attached hydrogens (tertiary/aromatic N) is 3. The van der Waals surface area contributed by atoms with Gasteiger partial charge in [-0.1, -0.05) is 20.8 Å². The van der Waals surface area contributed by atoms with Gasteiger partial charge in [0.25, 0.3) is 0 Å². The molecule has 108 valence electrons. The fourth-order valence-corrected chi connectivity index (χ4v) is 1.79. The average molecular weight is 276 g/mol. The molecule has 0 aliphatic rings. The first-order valence-corrected chi connectivity index (χ1v) is 6.66. The van der Waals surface area contributed by atoms with Gasteiger partial charge < -0.3 is 10.1 Å². The van der Waals surface area contributed by atoms with Gasteiger partial charge in [0.15, 0.2) is 5.82 Å². The number of fused-ring (bicyclic) bond motifs is 1.